The van der Waals surface area contributed by atoms with Gasteiger partial charge in [0.2, 0.25) is 5.75 Å². The van der Waals surface area contributed by atoms with Gasteiger partial charge in [0.05, 0.1) is 21.3 Å². The van der Waals surface area contributed by atoms with Crippen molar-refractivity contribution in [3.63, 3.8) is 0 Å². The average Bonchev–Trinajstić information content (AvgIpc) is 2.74. The number of rotatable bonds is 8. The SMILES string of the molecule is COc1cc(C(=O)CC2CCN(Cc3ccccc3)CC2)cc(OC)c1OC.Cl.Cl. The Kier molecular flexibility index (Phi) is 11.0. The quantitative estimate of drug-likeness (QED) is 0.521. The smallest absolute Gasteiger partial charge is 0.203 e. The van der Waals surface area contributed by atoms with Crippen LogP contribution in [0.1, 0.15) is 35.2 Å². The van der Waals surface area contributed by atoms with Gasteiger partial charge in [0.15, 0.2) is 17.3 Å². The maximum Gasteiger partial charge on any atom is 0.203 e. The molecule has 1 saturated heterocycles. The van der Waals surface area contributed by atoms with Crippen molar-refractivity contribution in [2.45, 2.75) is 25.8 Å². The van der Waals surface area contributed by atoms with Crippen molar-refractivity contribution in [3.05, 3.63) is 53.6 Å². The maximum absolute atomic E-state index is 12.9. The summed E-state index contributed by atoms with van der Waals surface area (Å²) in [6.45, 7) is 3.04. The van der Waals surface area contributed by atoms with Gasteiger partial charge >= 0.3 is 0 Å². The molecule has 0 spiro atoms. The summed E-state index contributed by atoms with van der Waals surface area (Å²) in [6, 6.07) is 14.0. The average molecular weight is 456 g/mol. The highest BCUT2D eigenvalue weighted by Gasteiger charge is 2.24. The normalized spacial score (nSPS) is 14.2. The first-order valence-corrected chi connectivity index (χ1v) is 9.74. The van der Waals surface area contributed by atoms with Gasteiger partial charge < -0.3 is 14.2 Å². The monoisotopic (exact) mass is 455 g/mol. The standard InChI is InChI=1S/C23H29NO4.2ClH/c1-26-21-14-19(15-22(27-2)23(21)28-3)20(25)13-17-9-11-24(12-10-17)16-18-7-5-4-6-8-18;;/h4-8,14-15,17H,9-13,16H2,1-3H3;2*1H. The van der Waals surface area contributed by atoms with Gasteiger partial charge in [-0.05, 0) is 49.5 Å². The number of halogens is 2. The highest BCUT2D eigenvalue weighted by Crippen LogP contribution is 2.39. The number of carbonyl (C=O) groups excluding carboxylic acids is 1. The molecule has 0 saturated carbocycles. The minimum absolute atomic E-state index is 0. The Labute approximate surface area is 191 Å². The second-order valence-corrected chi connectivity index (χ2v) is 7.25. The number of ether oxygens (including phenoxy) is 3. The van der Waals surface area contributed by atoms with E-state index in [0.29, 0.717) is 35.2 Å². The van der Waals surface area contributed by atoms with Gasteiger partial charge in [-0.15, -0.1) is 24.8 Å². The van der Waals surface area contributed by atoms with E-state index >= 15 is 0 Å². The molecule has 1 aliphatic rings. The van der Waals surface area contributed by atoms with E-state index in [9.17, 15) is 4.79 Å². The van der Waals surface area contributed by atoms with Gasteiger partial charge in [0, 0.05) is 18.5 Å². The molecule has 3 rings (SSSR count). The Bertz CT molecular complexity index is 768. The fourth-order valence-corrected chi connectivity index (χ4v) is 3.81. The van der Waals surface area contributed by atoms with Crippen molar-refractivity contribution in [1.29, 1.82) is 0 Å². The van der Waals surface area contributed by atoms with Gasteiger partial charge in [-0.25, -0.2) is 0 Å². The first-order valence-electron chi connectivity index (χ1n) is 9.74. The number of likely N-dealkylation sites (tertiary alicyclic amines) is 1. The Morgan fingerprint density at radius 3 is 2.00 bits per heavy atom. The predicted molar refractivity (Wildman–Crippen MR) is 124 cm³/mol. The summed E-state index contributed by atoms with van der Waals surface area (Å²) >= 11 is 0. The van der Waals surface area contributed by atoms with E-state index in [1.54, 1.807) is 33.5 Å². The largest absolute Gasteiger partial charge is 0.493 e. The molecule has 0 N–H and O–H groups in total. The molecule has 1 aliphatic heterocycles. The van der Waals surface area contributed by atoms with Crippen molar-refractivity contribution < 1.29 is 19.0 Å². The van der Waals surface area contributed by atoms with Crippen molar-refractivity contribution in [1.82, 2.24) is 4.90 Å². The van der Waals surface area contributed by atoms with Crippen LogP contribution >= 0.6 is 24.8 Å². The van der Waals surface area contributed by atoms with Crippen LogP contribution in [-0.4, -0.2) is 45.1 Å². The fourth-order valence-electron chi connectivity index (χ4n) is 3.81. The zero-order valence-electron chi connectivity index (χ0n) is 17.8. The minimum Gasteiger partial charge on any atom is -0.493 e. The fraction of sp³-hybridized carbons (Fsp3) is 0.435. The molecule has 0 unspecified atom stereocenters. The summed E-state index contributed by atoms with van der Waals surface area (Å²) in [7, 11) is 4.69. The summed E-state index contributed by atoms with van der Waals surface area (Å²) in [6.07, 6.45) is 2.64. The van der Waals surface area contributed by atoms with Crippen LogP contribution in [0.25, 0.3) is 0 Å². The molecule has 0 bridgehead atoms. The van der Waals surface area contributed by atoms with Crippen LogP contribution in [0.3, 0.4) is 0 Å². The molecule has 0 aromatic heterocycles. The number of methoxy groups -OCH3 is 3. The van der Waals surface area contributed by atoms with Crippen LogP contribution in [-0.2, 0) is 6.54 Å². The lowest BCUT2D eigenvalue weighted by atomic mass is 9.89. The molecule has 2 aromatic rings. The van der Waals surface area contributed by atoms with Crippen LogP contribution < -0.4 is 14.2 Å². The van der Waals surface area contributed by atoms with Crippen molar-refractivity contribution >= 4 is 30.6 Å². The third-order valence-corrected chi connectivity index (χ3v) is 5.42. The highest BCUT2D eigenvalue weighted by molar-refractivity contribution is 5.97. The molecule has 166 valence electrons. The lowest BCUT2D eigenvalue weighted by Crippen LogP contribution is -2.33. The number of piperidine rings is 1. The van der Waals surface area contributed by atoms with Gasteiger partial charge in [0.1, 0.15) is 0 Å². The van der Waals surface area contributed by atoms with E-state index in [1.807, 2.05) is 6.07 Å². The molecule has 0 radical (unpaired) electrons. The van der Waals surface area contributed by atoms with Crippen molar-refractivity contribution in [3.8, 4) is 17.2 Å². The van der Waals surface area contributed by atoms with Gasteiger partial charge in [0.25, 0.3) is 0 Å². The highest BCUT2D eigenvalue weighted by atomic mass is 35.5. The van der Waals surface area contributed by atoms with E-state index in [4.69, 9.17) is 14.2 Å². The molecule has 0 amide bonds. The van der Waals surface area contributed by atoms with E-state index < -0.39 is 0 Å². The summed E-state index contributed by atoms with van der Waals surface area (Å²) in [4.78, 5) is 15.3. The number of carbonyl (C=O) groups is 1. The molecular weight excluding hydrogens is 425 g/mol. The molecule has 5 nitrogen and oxygen atoms in total. The summed E-state index contributed by atoms with van der Waals surface area (Å²) in [5.74, 6) is 2.08. The van der Waals surface area contributed by atoms with Crippen molar-refractivity contribution in [2.24, 2.45) is 5.92 Å². The lowest BCUT2D eigenvalue weighted by molar-refractivity contribution is 0.0924. The second kappa shape index (κ2) is 12.7. The molecule has 1 heterocycles. The number of Topliss-reactive ketones (excluding diaryl/α,β-unsaturated/α-hetero) is 1. The Morgan fingerprint density at radius 2 is 1.50 bits per heavy atom. The molecule has 30 heavy (non-hydrogen) atoms. The molecule has 0 aliphatic carbocycles. The predicted octanol–water partition coefficient (Wildman–Crippen LogP) is 5.04. The molecule has 2 aromatic carbocycles. The van der Waals surface area contributed by atoms with Gasteiger partial charge in [-0.2, -0.15) is 0 Å². The van der Waals surface area contributed by atoms with Gasteiger partial charge in [-0.1, -0.05) is 30.3 Å². The van der Waals surface area contributed by atoms with Crippen LogP contribution in [0.2, 0.25) is 0 Å². The number of benzene rings is 2. The van der Waals surface area contributed by atoms with E-state index in [1.165, 1.54) is 5.56 Å². The van der Waals surface area contributed by atoms with Crippen LogP contribution in [0.4, 0.5) is 0 Å². The first kappa shape index (κ1) is 26.1. The molecule has 1 fully saturated rings. The topological polar surface area (TPSA) is 48.0 Å². The summed E-state index contributed by atoms with van der Waals surface area (Å²) in [5, 5.41) is 0. The first-order chi connectivity index (χ1) is 13.6. The Morgan fingerprint density at radius 1 is 0.933 bits per heavy atom. The maximum atomic E-state index is 12.9. The van der Waals surface area contributed by atoms with E-state index in [2.05, 4.69) is 29.2 Å². The summed E-state index contributed by atoms with van der Waals surface area (Å²) < 4.78 is 16.1. The zero-order chi connectivity index (χ0) is 19.9. The van der Waals surface area contributed by atoms with Crippen LogP contribution in [0.5, 0.6) is 17.2 Å². The number of hydrogen-bond acceptors (Lipinski definition) is 5. The zero-order valence-corrected chi connectivity index (χ0v) is 19.4. The Balaban J connectivity index is 0.00000225. The minimum atomic E-state index is 0. The second-order valence-electron chi connectivity index (χ2n) is 7.25. The number of nitrogens with zero attached hydrogens (tertiary/aromatic N) is 1. The molecule has 0 atom stereocenters. The third kappa shape index (κ3) is 6.53. The molecular formula is C23H31Cl2NO4. The Hall–Kier alpha value is -1.95. The van der Waals surface area contributed by atoms with E-state index in [0.717, 1.165) is 32.5 Å². The molecule has 7 heteroatoms. The third-order valence-electron chi connectivity index (χ3n) is 5.42. The van der Waals surface area contributed by atoms with Crippen LogP contribution in [0, 0.1) is 5.92 Å². The lowest BCUT2D eigenvalue weighted by Gasteiger charge is -2.31. The van der Waals surface area contributed by atoms with Gasteiger partial charge in [-0.3, -0.25) is 9.69 Å². The summed E-state index contributed by atoms with van der Waals surface area (Å²) in [5.41, 5.74) is 1.95. The van der Waals surface area contributed by atoms with E-state index in [-0.39, 0.29) is 30.6 Å². The van der Waals surface area contributed by atoms with Crippen molar-refractivity contribution in [2.75, 3.05) is 34.4 Å². The number of hydrogen-bond donors (Lipinski definition) is 0. The van der Waals surface area contributed by atoms with Crippen LogP contribution in [0.15, 0.2) is 42.5 Å². The number of ketones is 1.